The largest absolute Gasteiger partial charge is 0.352 e. The normalized spacial score (nSPS) is 17.0. The van der Waals surface area contributed by atoms with Gasteiger partial charge in [-0.05, 0) is 42.6 Å². The van der Waals surface area contributed by atoms with Gasteiger partial charge in [-0.2, -0.15) is 0 Å². The Balaban J connectivity index is 1.53. The Bertz CT molecular complexity index is 710. The van der Waals surface area contributed by atoms with Crippen LogP contribution in [0.4, 0.5) is 0 Å². The zero-order chi connectivity index (χ0) is 18.4. The van der Waals surface area contributed by atoms with Crippen LogP contribution in [0.15, 0.2) is 54.6 Å². The van der Waals surface area contributed by atoms with Gasteiger partial charge in [0.15, 0.2) is 0 Å². The molecule has 2 atom stereocenters. The second-order valence-electron chi connectivity index (χ2n) is 7.25. The molecule has 3 rings (SSSR count). The van der Waals surface area contributed by atoms with E-state index in [1.165, 1.54) is 31.5 Å². The lowest BCUT2D eigenvalue weighted by Crippen LogP contribution is -2.35. The number of amides is 1. The molecule has 2 aromatic carbocycles. The van der Waals surface area contributed by atoms with Crippen LogP contribution in [0.2, 0.25) is 0 Å². The van der Waals surface area contributed by atoms with Crippen LogP contribution in [0.3, 0.4) is 0 Å². The molecule has 0 radical (unpaired) electrons. The predicted octanol–water partition coefficient (Wildman–Crippen LogP) is 3.23. The maximum absolute atomic E-state index is 12.5. The zero-order valence-electron chi connectivity index (χ0n) is 15.5. The highest BCUT2D eigenvalue weighted by Gasteiger charge is 2.21. The third-order valence-corrected chi connectivity index (χ3v) is 5.20. The van der Waals surface area contributed by atoms with Crippen LogP contribution in [-0.2, 0) is 17.9 Å². The molecule has 1 saturated heterocycles. The molecule has 1 heterocycles. The topological polar surface area (TPSA) is 58.4 Å². The van der Waals surface area contributed by atoms with Crippen molar-refractivity contribution in [2.24, 2.45) is 11.7 Å². The minimum atomic E-state index is -0.294. The summed E-state index contributed by atoms with van der Waals surface area (Å²) in [4.78, 5) is 15.0. The molecular weight excluding hydrogens is 322 g/mol. The van der Waals surface area contributed by atoms with Crippen molar-refractivity contribution in [1.29, 1.82) is 0 Å². The van der Waals surface area contributed by atoms with Gasteiger partial charge in [-0.3, -0.25) is 9.69 Å². The van der Waals surface area contributed by atoms with Gasteiger partial charge in [0.2, 0.25) is 5.91 Å². The van der Waals surface area contributed by atoms with Crippen molar-refractivity contribution < 1.29 is 4.79 Å². The van der Waals surface area contributed by atoms with Gasteiger partial charge >= 0.3 is 0 Å². The van der Waals surface area contributed by atoms with Crippen LogP contribution in [0, 0.1) is 5.92 Å². The Morgan fingerprint density at radius 3 is 2.50 bits per heavy atom. The summed E-state index contributed by atoms with van der Waals surface area (Å²) in [6.07, 6.45) is 2.60. The van der Waals surface area contributed by atoms with Crippen molar-refractivity contribution >= 4 is 5.91 Å². The molecule has 2 aromatic rings. The minimum absolute atomic E-state index is 0.00806. The number of hydrogen-bond donors (Lipinski definition) is 2. The molecule has 1 aliphatic rings. The van der Waals surface area contributed by atoms with E-state index in [4.69, 9.17) is 5.73 Å². The van der Waals surface area contributed by atoms with Crippen LogP contribution < -0.4 is 11.1 Å². The molecule has 0 saturated carbocycles. The Kier molecular flexibility index (Phi) is 6.42. The summed E-state index contributed by atoms with van der Waals surface area (Å²) < 4.78 is 0. The number of carbonyl (C=O) groups excluding carboxylic acids is 1. The molecule has 0 aromatic heterocycles. The van der Waals surface area contributed by atoms with Crippen LogP contribution in [-0.4, -0.2) is 23.9 Å². The Morgan fingerprint density at radius 2 is 1.77 bits per heavy atom. The van der Waals surface area contributed by atoms with E-state index in [-0.39, 0.29) is 17.9 Å². The van der Waals surface area contributed by atoms with Crippen molar-refractivity contribution in [2.45, 2.75) is 38.9 Å². The number of likely N-dealkylation sites (tertiary alicyclic amines) is 1. The average molecular weight is 351 g/mol. The number of carbonyl (C=O) groups is 1. The molecule has 1 amide bonds. The second-order valence-corrected chi connectivity index (χ2v) is 7.25. The van der Waals surface area contributed by atoms with Gasteiger partial charge in [0.1, 0.15) is 0 Å². The molecule has 138 valence electrons. The van der Waals surface area contributed by atoms with E-state index < -0.39 is 0 Å². The average Bonchev–Trinajstić information content (AvgIpc) is 3.19. The number of nitrogens with one attached hydrogen (secondary N) is 1. The van der Waals surface area contributed by atoms with Crippen molar-refractivity contribution in [1.82, 2.24) is 10.2 Å². The summed E-state index contributed by atoms with van der Waals surface area (Å²) in [5, 5.41) is 3.04. The van der Waals surface area contributed by atoms with Crippen molar-refractivity contribution in [3.8, 4) is 0 Å². The summed E-state index contributed by atoms with van der Waals surface area (Å²) in [6.45, 7) is 5.80. The van der Waals surface area contributed by atoms with Gasteiger partial charge < -0.3 is 11.1 Å². The third kappa shape index (κ3) is 4.93. The fourth-order valence-electron chi connectivity index (χ4n) is 3.51. The minimum Gasteiger partial charge on any atom is -0.352 e. The Morgan fingerprint density at radius 1 is 1.08 bits per heavy atom. The van der Waals surface area contributed by atoms with Crippen molar-refractivity contribution in [3.05, 3.63) is 71.3 Å². The SMILES string of the molecule is CC(C(=O)NCc1cccc(CN2CCCC2)c1)C(N)c1ccccc1. The molecule has 4 heteroatoms. The van der Waals surface area contributed by atoms with Crippen LogP contribution in [0.5, 0.6) is 0 Å². The zero-order valence-corrected chi connectivity index (χ0v) is 15.5. The van der Waals surface area contributed by atoms with E-state index in [0.717, 1.165) is 17.7 Å². The smallest absolute Gasteiger partial charge is 0.225 e. The van der Waals surface area contributed by atoms with Crippen LogP contribution in [0.25, 0.3) is 0 Å². The Hall–Kier alpha value is -2.17. The van der Waals surface area contributed by atoms with Crippen molar-refractivity contribution in [3.63, 3.8) is 0 Å². The number of nitrogens with zero attached hydrogens (tertiary/aromatic N) is 1. The van der Waals surface area contributed by atoms with E-state index in [2.05, 4.69) is 34.5 Å². The summed E-state index contributed by atoms with van der Waals surface area (Å²) in [5.41, 5.74) is 9.69. The number of benzene rings is 2. The molecule has 0 aliphatic carbocycles. The van der Waals surface area contributed by atoms with E-state index in [1.54, 1.807) is 0 Å². The predicted molar refractivity (Wildman–Crippen MR) is 105 cm³/mol. The molecule has 1 fully saturated rings. The molecule has 26 heavy (non-hydrogen) atoms. The monoisotopic (exact) mass is 351 g/mol. The molecule has 4 nitrogen and oxygen atoms in total. The maximum Gasteiger partial charge on any atom is 0.225 e. The molecule has 0 spiro atoms. The summed E-state index contributed by atoms with van der Waals surface area (Å²) in [7, 11) is 0. The molecular formula is C22H29N3O. The summed E-state index contributed by atoms with van der Waals surface area (Å²) in [5.74, 6) is -0.281. The number of nitrogens with two attached hydrogens (primary N) is 1. The lowest BCUT2D eigenvalue weighted by molar-refractivity contribution is -0.125. The summed E-state index contributed by atoms with van der Waals surface area (Å²) >= 11 is 0. The molecule has 0 bridgehead atoms. The fourth-order valence-corrected chi connectivity index (χ4v) is 3.51. The number of hydrogen-bond acceptors (Lipinski definition) is 3. The lowest BCUT2D eigenvalue weighted by Gasteiger charge is -2.20. The van der Waals surface area contributed by atoms with Crippen molar-refractivity contribution in [2.75, 3.05) is 13.1 Å². The lowest BCUT2D eigenvalue weighted by atomic mass is 9.94. The maximum atomic E-state index is 12.5. The highest BCUT2D eigenvalue weighted by atomic mass is 16.1. The van der Waals surface area contributed by atoms with E-state index in [0.29, 0.717) is 6.54 Å². The van der Waals surface area contributed by atoms with Gasteiger partial charge in [0, 0.05) is 19.1 Å². The Labute approximate surface area is 156 Å². The molecule has 3 N–H and O–H groups in total. The standard InChI is InChI=1S/C22H29N3O/c1-17(21(23)20-10-3-2-4-11-20)22(26)24-15-18-8-7-9-19(14-18)16-25-12-5-6-13-25/h2-4,7-11,14,17,21H,5-6,12-13,15-16,23H2,1H3,(H,24,26). The van der Waals surface area contributed by atoms with Crippen LogP contribution >= 0.6 is 0 Å². The first kappa shape index (κ1) is 18.6. The number of rotatable bonds is 7. The van der Waals surface area contributed by atoms with Crippen LogP contribution in [0.1, 0.15) is 42.5 Å². The molecule has 2 unspecified atom stereocenters. The summed E-state index contributed by atoms with van der Waals surface area (Å²) in [6, 6.07) is 18.0. The van der Waals surface area contributed by atoms with E-state index in [9.17, 15) is 4.79 Å². The fraction of sp³-hybridized carbons (Fsp3) is 0.409. The van der Waals surface area contributed by atoms with Gasteiger partial charge in [0.05, 0.1) is 5.92 Å². The van der Waals surface area contributed by atoms with E-state index >= 15 is 0 Å². The quantitative estimate of drug-likeness (QED) is 0.805. The van der Waals surface area contributed by atoms with E-state index in [1.807, 2.05) is 37.3 Å². The third-order valence-electron chi connectivity index (χ3n) is 5.20. The van der Waals surface area contributed by atoms with Gasteiger partial charge in [-0.25, -0.2) is 0 Å². The van der Waals surface area contributed by atoms with Gasteiger partial charge in [0.25, 0.3) is 0 Å². The van der Waals surface area contributed by atoms with Gasteiger partial charge in [-0.15, -0.1) is 0 Å². The van der Waals surface area contributed by atoms with Gasteiger partial charge in [-0.1, -0.05) is 61.5 Å². The molecule has 1 aliphatic heterocycles. The highest BCUT2D eigenvalue weighted by Crippen LogP contribution is 2.19. The first-order valence-electron chi connectivity index (χ1n) is 9.52. The second kappa shape index (κ2) is 8.97. The first-order chi connectivity index (χ1) is 12.6. The highest BCUT2D eigenvalue weighted by molar-refractivity contribution is 5.79. The first-order valence-corrected chi connectivity index (χ1v) is 9.52.